The SMILES string of the molecule is Cn1ncc(-c2cc(Cl)c(Cl)c3[nH]c4c(c23)CC(=O)NC[C@H]4CCC(F)F)n1. The van der Waals surface area contributed by atoms with E-state index in [4.69, 9.17) is 23.2 Å². The number of fused-ring (bicyclic) bond motifs is 3. The molecule has 6 nitrogen and oxygen atoms in total. The molecule has 1 amide bonds. The molecule has 1 aromatic carbocycles. The summed E-state index contributed by atoms with van der Waals surface area (Å²) in [6.45, 7) is 0.289. The van der Waals surface area contributed by atoms with Crippen molar-refractivity contribution in [2.24, 2.45) is 7.05 Å². The van der Waals surface area contributed by atoms with Gasteiger partial charge < -0.3 is 10.3 Å². The van der Waals surface area contributed by atoms with Crippen molar-refractivity contribution in [3.8, 4) is 11.3 Å². The van der Waals surface area contributed by atoms with Gasteiger partial charge in [-0.15, -0.1) is 0 Å². The molecule has 0 fully saturated rings. The van der Waals surface area contributed by atoms with Crippen molar-refractivity contribution in [3.05, 3.63) is 33.6 Å². The molecular formula is C18H17Cl2F2N5O. The van der Waals surface area contributed by atoms with Crippen LogP contribution in [0.4, 0.5) is 8.78 Å². The second-order valence-electron chi connectivity index (χ2n) is 6.85. The maximum absolute atomic E-state index is 12.8. The first-order valence-corrected chi connectivity index (χ1v) is 9.54. The Kier molecular flexibility index (Phi) is 5.01. The third kappa shape index (κ3) is 3.35. The van der Waals surface area contributed by atoms with Gasteiger partial charge >= 0.3 is 0 Å². The van der Waals surface area contributed by atoms with E-state index in [1.165, 1.54) is 4.80 Å². The molecule has 0 aliphatic carbocycles. The summed E-state index contributed by atoms with van der Waals surface area (Å²) in [4.78, 5) is 17.0. The van der Waals surface area contributed by atoms with Gasteiger partial charge in [-0.2, -0.15) is 15.0 Å². The lowest BCUT2D eigenvalue weighted by molar-refractivity contribution is -0.120. The van der Waals surface area contributed by atoms with E-state index in [1.54, 1.807) is 19.3 Å². The number of halogens is 4. The molecule has 2 aromatic heterocycles. The van der Waals surface area contributed by atoms with Crippen LogP contribution in [0.2, 0.25) is 10.0 Å². The van der Waals surface area contributed by atoms with E-state index in [0.717, 1.165) is 16.6 Å². The third-order valence-corrected chi connectivity index (χ3v) is 5.79. The first kappa shape index (κ1) is 19.1. The predicted molar refractivity (Wildman–Crippen MR) is 103 cm³/mol. The van der Waals surface area contributed by atoms with Crippen LogP contribution in [0.1, 0.15) is 30.0 Å². The number of hydrogen-bond donors (Lipinski definition) is 2. The average molecular weight is 428 g/mol. The molecule has 0 spiro atoms. The van der Waals surface area contributed by atoms with E-state index in [2.05, 4.69) is 20.5 Å². The van der Waals surface area contributed by atoms with Crippen LogP contribution in [0.5, 0.6) is 0 Å². The third-order valence-electron chi connectivity index (χ3n) is 5.01. The zero-order chi connectivity index (χ0) is 20.0. The Hall–Kier alpha value is -2.19. The lowest BCUT2D eigenvalue weighted by atomic mass is 9.94. The van der Waals surface area contributed by atoms with Crippen LogP contribution in [0.25, 0.3) is 22.2 Å². The average Bonchev–Trinajstić information content (AvgIpc) is 3.19. The minimum absolute atomic E-state index is 0.117. The fourth-order valence-electron chi connectivity index (χ4n) is 3.74. The second-order valence-corrected chi connectivity index (χ2v) is 7.64. The monoisotopic (exact) mass is 427 g/mol. The van der Waals surface area contributed by atoms with E-state index in [0.29, 0.717) is 26.8 Å². The zero-order valence-corrected chi connectivity index (χ0v) is 16.4. The fraction of sp³-hybridized carbons (Fsp3) is 0.389. The Morgan fingerprint density at radius 1 is 1.39 bits per heavy atom. The van der Waals surface area contributed by atoms with Crippen LogP contribution in [0, 0.1) is 0 Å². The number of aromatic nitrogens is 4. The second kappa shape index (κ2) is 7.33. The van der Waals surface area contributed by atoms with Crippen molar-refractivity contribution in [2.75, 3.05) is 6.54 Å². The number of aryl methyl sites for hydroxylation is 1. The van der Waals surface area contributed by atoms with Crippen LogP contribution in [-0.2, 0) is 18.3 Å². The van der Waals surface area contributed by atoms with Gasteiger partial charge in [0.05, 0.1) is 28.2 Å². The number of amides is 1. The summed E-state index contributed by atoms with van der Waals surface area (Å²) in [6, 6.07) is 1.70. The molecule has 148 valence electrons. The van der Waals surface area contributed by atoms with Crippen LogP contribution >= 0.6 is 23.2 Å². The van der Waals surface area contributed by atoms with E-state index >= 15 is 0 Å². The molecule has 1 aliphatic rings. The van der Waals surface area contributed by atoms with Crippen molar-refractivity contribution in [1.29, 1.82) is 0 Å². The van der Waals surface area contributed by atoms with Crippen molar-refractivity contribution in [1.82, 2.24) is 25.3 Å². The molecule has 1 aliphatic heterocycles. The summed E-state index contributed by atoms with van der Waals surface area (Å²) < 4.78 is 25.6. The topological polar surface area (TPSA) is 75.6 Å². The summed E-state index contributed by atoms with van der Waals surface area (Å²) in [7, 11) is 1.70. The smallest absolute Gasteiger partial charge is 0.238 e. The minimum atomic E-state index is -2.40. The number of aromatic amines is 1. The Labute approximate surface area is 169 Å². The number of nitrogens with one attached hydrogen (secondary N) is 2. The number of H-pyrrole nitrogens is 1. The van der Waals surface area contributed by atoms with E-state index in [-0.39, 0.29) is 37.6 Å². The Balaban J connectivity index is 1.96. The lowest BCUT2D eigenvalue weighted by Gasteiger charge is -2.14. The maximum Gasteiger partial charge on any atom is 0.238 e. The van der Waals surface area contributed by atoms with Crippen molar-refractivity contribution in [3.63, 3.8) is 0 Å². The number of benzene rings is 1. The van der Waals surface area contributed by atoms with Gasteiger partial charge in [-0.1, -0.05) is 23.2 Å². The first-order chi connectivity index (χ1) is 13.3. The van der Waals surface area contributed by atoms with Crippen molar-refractivity contribution in [2.45, 2.75) is 31.6 Å². The van der Waals surface area contributed by atoms with E-state index in [9.17, 15) is 13.6 Å². The number of nitrogens with zero attached hydrogens (tertiary/aromatic N) is 3. The molecule has 0 radical (unpaired) electrons. The van der Waals surface area contributed by atoms with Gasteiger partial charge in [-0.25, -0.2) is 8.78 Å². The Bertz CT molecular complexity index is 1060. The highest BCUT2D eigenvalue weighted by Gasteiger charge is 2.29. The summed E-state index contributed by atoms with van der Waals surface area (Å²) in [5, 5.41) is 12.6. The van der Waals surface area contributed by atoms with E-state index < -0.39 is 6.43 Å². The number of rotatable bonds is 4. The highest BCUT2D eigenvalue weighted by Crippen LogP contribution is 2.43. The Morgan fingerprint density at radius 3 is 2.86 bits per heavy atom. The molecule has 0 bridgehead atoms. The van der Waals surface area contributed by atoms with Crippen LogP contribution in [0.3, 0.4) is 0 Å². The van der Waals surface area contributed by atoms with Gasteiger partial charge in [-0.3, -0.25) is 4.79 Å². The molecule has 28 heavy (non-hydrogen) atoms. The van der Waals surface area contributed by atoms with E-state index in [1.807, 2.05) is 0 Å². The molecule has 4 rings (SSSR count). The first-order valence-electron chi connectivity index (χ1n) is 8.79. The Morgan fingerprint density at radius 2 is 2.18 bits per heavy atom. The number of carbonyl (C=O) groups is 1. The predicted octanol–water partition coefficient (Wildman–Crippen LogP) is 4.07. The van der Waals surface area contributed by atoms with Gasteiger partial charge in [0.1, 0.15) is 5.69 Å². The maximum atomic E-state index is 12.8. The molecule has 3 aromatic rings. The molecule has 0 unspecified atom stereocenters. The van der Waals surface area contributed by atoms with Crippen LogP contribution in [0.15, 0.2) is 12.3 Å². The standard InChI is InChI=1S/C18H17Cl2F2N5O/c1-27-24-7-12(26-27)9-4-11(19)16(20)18-15(9)10-5-14(28)23-6-8(17(10)25-18)2-3-13(21)22/h4,7-8,13,25H,2-3,5-6H2,1H3,(H,23,28)/t8-/m1/s1. The highest BCUT2D eigenvalue weighted by atomic mass is 35.5. The van der Waals surface area contributed by atoms with Gasteiger partial charge in [0, 0.05) is 42.6 Å². The quantitative estimate of drug-likeness (QED) is 0.658. The van der Waals surface area contributed by atoms with Crippen molar-refractivity contribution < 1.29 is 13.6 Å². The van der Waals surface area contributed by atoms with Gasteiger partial charge in [-0.05, 0) is 18.1 Å². The molecule has 2 N–H and O–H groups in total. The largest absolute Gasteiger partial charge is 0.357 e. The lowest BCUT2D eigenvalue weighted by Crippen LogP contribution is -2.26. The summed E-state index contributed by atoms with van der Waals surface area (Å²) in [5.74, 6) is -0.440. The summed E-state index contributed by atoms with van der Waals surface area (Å²) in [5.41, 5.74) is 3.34. The molecular weight excluding hydrogens is 411 g/mol. The van der Waals surface area contributed by atoms with Gasteiger partial charge in [0.15, 0.2) is 0 Å². The molecule has 0 saturated carbocycles. The number of hydrogen-bond acceptors (Lipinski definition) is 3. The molecule has 10 heteroatoms. The summed E-state index contributed by atoms with van der Waals surface area (Å²) in [6.07, 6.45) is -0.695. The number of carbonyl (C=O) groups excluding carboxylic acids is 1. The normalized spacial score (nSPS) is 17.1. The van der Waals surface area contributed by atoms with Crippen molar-refractivity contribution >= 4 is 40.0 Å². The fourth-order valence-corrected chi connectivity index (χ4v) is 4.14. The van der Waals surface area contributed by atoms with Gasteiger partial charge in [0.2, 0.25) is 12.3 Å². The summed E-state index contributed by atoms with van der Waals surface area (Å²) >= 11 is 12.8. The van der Waals surface area contributed by atoms with Gasteiger partial charge in [0.25, 0.3) is 0 Å². The zero-order valence-electron chi connectivity index (χ0n) is 14.9. The number of alkyl halides is 2. The minimum Gasteiger partial charge on any atom is -0.357 e. The molecule has 3 heterocycles. The molecule has 0 saturated heterocycles. The van der Waals surface area contributed by atoms with Crippen LogP contribution in [-0.4, -0.2) is 38.9 Å². The molecule has 1 atom stereocenters. The van der Waals surface area contributed by atoms with Crippen LogP contribution < -0.4 is 5.32 Å². The highest BCUT2D eigenvalue weighted by molar-refractivity contribution is 6.45.